The third kappa shape index (κ3) is 3.18. The molecule has 1 aliphatic carbocycles. The molecule has 1 saturated heterocycles. The number of benzene rings is 1. The Morgan fingerprint density at radius 2 is 1.86 bits per heavy atom. The molecule has 1 heterocycles. The number of aryl methyl sites for hydroxylation is 2. The van der Waals surface area contributed by atoms with Gasteiger partial charge >= 0.3 is 0 Å². The highest BCUT2D eigenvalue weighted by Crippen LogP contribution is 2.34. The number of hydrogen-bond donors (Lipinski definition) is 3. The maximum Gasteiger partial charge on any atom is 0.118 e. The first kappa shape index (κ1) is 14.7. The largest absolute Gasteiger partial charge is 0.508 e. The summed E-state index contributed by atoms with van der Waals surface area (Å²) in [5.41, 5.74) is 3.29. The van der Waals surface area contributed by atoms with E-state index in [1.807, 2.05) is 13.0 Å². The number of hydrogen-bond acceptors (Lipinski definition) is 3. The first-order valence-corrected chi connectivity index (χ1v) is 8.45. The SMILES string of the molecule is Cc1cc(NC2CCCCC2C2CCCN2)c(C)cc1O. The minimum atomic E-state index is 0.399. The van der Waals surface area contributed by atoms with Crippen molar-refractivity contribution in [2.75, 3.05) is 11.9 Å². The quantitative estimate of drug-likeness (QED) is 0.743. The molecule has 2 aliphatic rings. The maximum atomic E-state index is 9.82. The van der Waals surface area contributed by atoms with Gasteiger partial charge in [-0.2, -0.15) is 0 Å². The second-order valence-electron chi connectivity index (χ2n) is 6.86. The summed E-state index contributed by atoms with van der Waals surface area (Å²) >= 11 is 0. The fourth-order valence-corrected chi connectivity index (χ4v) is 4.05. The second kappa shape index (κ2) is 6.27. The second-order valence-corrected chi connectivity index (χ2v) is 6.86. The van der Waals surface area contributed by atoms with Gasteiger partial charge in [-0.1, -0.05) is 12.8 Å². The van der Waals surface area contributed by atoms with Crippen LogP contribution in [0.15, 0.2) is 12.1 Å². The van der Waals surface area contributed by atoms with E-state index in [2.05, 4.69) is 23.6 Å². The monoisotopic (exact) mass is 288 g/mol. The van der Waals surface area contributed by atoms with Crippen molar-refractivity contribution in [2.24, 2.45) is 5.92 Å². The molecule has 0 aromatic heterocycles. The van der Waals surface area contributed by atoms with Crippen molar-refractivity contribution in [3.05, 3.63) is 23.3 Å². The molecule has 1 aromatic rings. The summed E-state index contributed by atoms with van der Waals surface area (Å²) in [6.45, 7) is 5.23. The first-order valence-electron chi connectivity index (χ1n) is 8.45. The maximum absolute atomic E-state index is 9.82. The molecular formula is C18H28N2O. The molecule has 0 bridgehead atoms. The van der Waals surface area contributed by atoms with Crippen LogP contribution in [0.5, 0.6) is 5.75 Å². The van der Waals surface area contributed by atoms with Crippen molar-refractivity contribution in [1.29, 1.82) is 0 Å². The van der Waals surface area contributed by atoms with E-state index in [9.17, 15) is 5.11 Å². The molecule has 3 unspecified atom stereocenters. The number of rotatable bonds is 3. The van der Waals surface area contributed by atoms with Gasteiger partial charge in [-0.25, -0.2) is 0 Å². The average molecular weight is 288 g/mol. The van der Waals surface area contributed by atoms with Gasteiger partial charge in [-0.05, 0) is 75.3 Å². The van der Waals surface area contributed by atoms with Crippen LogP contribution in [0.1, 0.15) is 49.7 Å². The summed E-state index contributed by atoms with van der Waals surface area (Å²) in [6, 6.07) is 5.24. The van der Waals surface area contributed by atoms with E-state index in [0.29, 0.717) is 17.8 Å². The van der Waals surface area contributed by atoms with Crippen LogP contribution in [-0.2, 0) is 0 Å². The summed E-state index contributed by atoms with van der Waals surface area (Å²) in [7, 11) is 0. The summed E-state index contributed by atoms with van der Waals surface area (Å²) < 4.78 is 0. The van der Waals surface area contributed by atoms with Gasteiger partial charge in [-0.3, -0.25) is 0 Å². The number of aromatic hydroxyl groups is 1. The van der Waals surface area contributed by atoms with Crippen LogP contribution in [0.4, 0.5) is 5.69 Å². The van der Waals surface area contributed by atoms with Gasteiger partial charge in [0, 0.05) is 17.8 Å². The predicted molar refractivity (Wildman–Crippen MR) is 88.0 cm³/mol. The zero-order valence-electron chi connectivity index (χ0n) is 13.3. The summed E-state index contributed by atoms with van der Waals surface area (Å²) in [5.74, 6) is 1.14. The lowest BCUT2D eigenvalue weighted by Crippen LogP contribution is -2.43. The van der Waals surface area contributed by atoms with Gasteiger partial charge in [0.2, 0.25) is 0 Å². The van der Waals surface area contributed by atoms with Gasteiger partial charge in [0.1, 0.15) is 5.75 Å². The van der Waals surface area contributed by atoms with E-state index in [1.54, 1.807) is 0 Å². The Balaban J connectivity index is 1.76. The van der Waals surface area contributed by atoms with Crippen molar-refractivity contribution in [3.8, 4) is 5.75 Å². The number of phenolic OH excluding ortho intramolecular Hbond substituents is 1. The average Bonchev–Trinajstić information content (AvgIpc) is 2.99. The van der Waals surface area contributed by atoms with Crippen LogP contribution in [0, 0.1) is 19.8 Å². The molecule has 3 atom stereocenters. The van der Waals surface area contributed by atoms with Gasteiger partial charge in [0.05, 0.1) is 0 Å². The van der Waals surface area contributed by atoms with E-state index in [1.165, 1.54) is 50.8 Å². The smallest absolute Gasteiger partial charge is 0.118 e. The Kier molecular flexibility index (Phi) is 4.39. The lowest BCUT2D eigenvalue weighted by Gasteiger charge is -2.37. The molecule has 21 heavy (non-hydrogen) atoms. The van der Waals surface area contributed by atoms with Crippen LogP contribution >= 0.6 is 0 Å². The molecule has 3 N–H and O–H groups in total. The minimum absolute atomic E-state index is 0.399. The molecule has 1 saturated carbocycles. The molecule has 3 nitrogen and oxygen atoms in total. The Morgan fingerprint density at radius 1 is 1.05 bits per heavy atom. The highest BCUT2D eigenvalue weighted by Gasteiger charge is 2.33. The van der Waals surface area contributed by atoms with E-state index in [-0.39, 0.29) is 0 Å². The summed E-state index contributed by atoms with van der Waals surface area (Å²) in [5, 5.41) is 17.3. The topological polar surface area (TPSA) is 44.3 Å². The van der Waals surface area contributed by atoms with E-state index in [0.717, 1.165) is 17.0 Å². The van der Waals surface area contributed by atoms with Crippen LogP contribution in [0.3, 0.4) is 0 Å². The molecular weight excluding hydrogens is 260 g/mol. The Labute approximate surface area is 128 Å². The fraction of sp³-hybridized carbons (Fsp3) is 0.667. The molecule has 0 spiro atoms. The van der Waals surface area contributed by atoms with Crippen molar-refractivity contribution < 1.29 is 5.11 Å². The molecule has 3 rings (SSSR count). The van der Waals surface area contributed by atoms with Gasteiger partial charge < -0.3 is 15.7 Å². The van der Waals surface area contributed by atoms with Crippen molar-refractivity contribution in [1.82, 2.24) is 5.32 Å². The van der Waals surface area contributed by atoms with E-state index < -0.39 is 0 Å². The summed E-state index contributed by atoms with van der Waals surface area (Å²) in [6.07, 6.45) is 7.96. The molecule has 3 heteroatoms. The molecule has 0 radical (unpaired) electrons. The molecule has 116 valence electrons. The highest BCUT2D eigenvalue weighted by atomic mass is 16.3. The van der Waals surface area contributed by atoms with Crippen LogP contribution in [-0.4, -0.2) is 23.7 Å². The number of nitrogens with one attached hydrogen (secondary N) is 2. The van der Waals surface area contributed by atoms with Gasteiger partial charge in [0.25, 0.3) is 0 Å². The van der Waals surface area contributed by atoms with E-state index in [4.69, 9.17) is 0 Å². The van der Waals surface area contributed by atoms with Crippen LogP contribution in [0.25, 0.3) is 0 Å². The standard InChI is InChI=1S/C18H28N2O/c1-12-11-18(21)13(2)10-17(12)20-16-7-4-3-6-14(16)15-8-5-9-19-15/h10-11,14-16,19-21H,3-9H2,1-2H3. The van der Waals surface area contributed by atoms with Crippen molar-refractivity contribution in [2.45, 2.75) is 64.5 Å². The zero-order valence-corrected chi connectivity index (χ0v) is 13.3. The number of phenols is 1. The lowest BCUT2D eigenvalue weighted by molar-refractivity contribution is 0.262. The van der Waals surface area contributed by atoms with Crippen molar-refractivity contribution >= 4 is 5.69 Å². The van der Waals surface area contributed by atoms with Gasteiger partial charge in [0.15, 0.2) is 0 Å². The third-order valence-corrected chi connectivity index (χ3v) is 5.32. The number of anilines is 1. The normalized spacial score (nSPS) is 29.5. The Bertz CT molecular complexity index is 494. The van der Waals surface area contributed by atoms with Crippen molar-refractivity contribution in [3.63, 3.8) is 0 Å². The fourth-order valence-electron chi connectivity index (χ4n) is 4.05. The molecule has 1 aliphatic heterocycles. The first-order chi connectivity index (χ1) is 10.1. The lowest BCUT2D eigenvalue weighted by atomic mass is 9.79. The Morgan fingerprint density at radius 3 is 2.62 bits per heavy atom. The third-order valence-electron chi connectivity index (χ3n) is 5.32. The van der Waals surface area contributed by atoms with Crippen LogP contribution in [0.2, 0.25) is 0 Å². The predicted octanol–water partition coefficient (Wildman–Crippen LogP) is 3.73. The van der Waals surface area contributed by atoms with Gasteiger partial charge in [-0.15, -0.1) is 0 Å². The highest BCUT2D eigenvalue weighted by molar-refractivity contribution is 5.57. The van der Waals surface area contributed by atoms with E-state index >= 15 is 0 Å². The molecule has 1 aromatic carbocycles. The molecule has 2 fully saturated rings. The Hall–Kier alpha value is -1.22. The minimum Gasteiger partial charge on any atom is -0.508 e. The molecule has 0 amide bonds. The van der Waals surface area contributed by atoms with Crippen LogP contribution < -0.4 is 10.6 Å². The summed E-state index contributed by atoms with van der Waals surface area (Å²) in [4.78, 5) is 0. The zero-order chi connectivity index (χ0) is 14.8.